The van der Waals surface area contributed by atoms with Gasteiger partial charge in [-0.15, -0.1) is 0 Å². The van der Waals surface area contributed by atoms with Crippen LogP contribution >= 0.6 is 0 Å². The highest BCUT2D eigenvalue weighted by Crippen LogP contribution is 2.23. The molecule has 18 heavy (non-hydrogen) atoms. The van der Waals surface area contributed by atoms with Crippen molar-refractivity contribution >= 4 is 23.1 Å². The molecule has 5 nitrogen and oxygen atoms in total. The molecule has 0 amide bonds. The number of carboxylic acids is 1. The highest BCUT2D eigenvalue weighted by Gasteiger charge is 2.15. The van der Waals surface area contributed by atoms with Gasteiger partial charge in [-0.25, -0.2) is 4.79 Å². The summed E-state index contributed by atoms with van der Waals surface area (Å²) in [6.45, 7) is 4.17. The van der Waals surface area contributed by atoms with Crippen LogP contribution in [-0.4, -0.2) is 29.1 Å². The highest BCUT2D eigenvalue weighted by molar-refractivity contribution is 5.92. The van der Waals surface area contributed by atoms with Gasteiger partial charge in [0, 0.05) is 13.1 Å². The zero-order valence-electron chi connectivity index (χ0n) is 10.7. The molecule has 0 saturated heterocycles. The second-order valence-electron chi connectivity index (χ2n) is 4.35. The van der Waals surface area contributed by atoms with Crippen LogP contribution in [0, 0.1) is 0 Å². The summed E-state index contributed by atoms with van der Waals surface area (Å²) < 4.78 is 5.60. The van der Waals surface area contributed by atoms with E-state index in [9.17, 15) is 4.79 Å². The second kappa shape index (κ2) is 4.68. The van der Waals surface area contributed by atoms with Gasteiger partial charge < -0.3 is 14.4 Å². The van der Waals surface area contributed by atoms with Crippen molar-refractivity contribution in [3.05, 3.63) is 23.8 Å². The molecule has 96 valence electrons. The van der Waals surface area contributed by atoms with Crippen molar-refractivity contribution in [1.82, 2.24) is 4.98 Å². The van der Waals surface area contributed by atoms with E-state index in [1.807, 2.05) is 11.9 Å². The number of benzene rings is 1. The van der Waals surface area contributed by atoms with Crippen molar-refractivity contribution < 1.29 is 14.3 Å². The topological polar surface area (TPSA) is 66.6 Å². The molecular formula is C13H16N2O3. The summed E-state index contributed by atoms with van der Waals surface area (Å²) in [6, 6.07) is 5.52. The van der Waals surface area contributed by atoms with E-state index in [4.69, 9.17) is 9.52 Å². The third-order valence-electron chi connectivity index (χ3n) is 3.18. The molecule has 0 spiro atoms. The molecule has 0 aliphatic rings. The van der Waals surface area contributed by atoms with E-state index in [2.05, 4.69) is 18.8 Å². The van der Waals surface area contributed by atoms with Crippen molar-refractivity contribution in [2.24, 2.45) is 0 Å². The fraction of sp³-hybridized carbons (Fsp3) is 0.385. The lowest BCUT2D eigenvalue weighted by Crippen LogP contribution is -2.28. The Morgan fingerprint density at radius 3 is 2.89 bits per heavy atom. The standard InChI is InChI=1S/C13H16N2O3/c1-4-8(2)15(3)13-14-10-6-5-9(12(16)17)7-11(10)18-13/h5-8H,4H2,1-3H3,(H,16,17). The molecule has 1 heterocycles. The van der Waals surface area contributed by atoms with E-state index in [0.717, 1.165) is 6.42 Å². The van der Waals surface area contributed by atoms with E-state index in [-0.39, 0.29) is 5.56 Å². The number of carboxylic acid groups (broad SMARTS) is 1. The number of anilines is 1. The van der Waals surface area contributed by atoms with Crippen LogP contribution in [0.1, 0.15) is 30.6 Å². The summed E-state index contributed by atoms with van der Waals surface area (Å²) in [5, 5.41) is 8.91. The Balaban J connectivity index is 2.41. The van der Waals surface area contributed by atoms with Gasteiger partial charge in [0.2, 0.25) is 0 Å². The maximum absolute atomic E-state index is 10.9. The molecule has 0 saturated carbocycles. The zero-order valence-corrected chi connectivity index (χ0v) is 10.7. The van der Waals surface area contributed by atoms with E-state index in [1.54, 1.807) is 6.07 Å². The molecule has 0 aliphatic heterocycles. The Bertz CT molecular complexity index is 577. The van der Waals surface area contributed by atoms with Crippen molar-refractivity contribution in [3.8, 4) is 0 Å². The number of aromatic carboxylic acids is 1. The fourth-order valence-electron chi connectivity index (χ4n) is 1.66. The van der Waals surface area contributed by atoms with E-state index in [0.29, 0.717) is 23.2 Å². The molecule has 0 aliphatic carbocycles. The molecule has 1 N–H and O–H groups in total. The van der Waals surface area contributed by atoms with Crippen LogP contribution in [0.4, 0.5) is 6.01 Å². The molecule has 0 fully saturated rings. The lowest BCUT2D eigenvalue weighted by atomic mass is 10.2. The SMILES string of the molecule is CCC(C)N(C)c1nc2ccc(C(=O)O)cc2o1. The first-order valence-electron chi connectivity index (χ1n) is 5.89. The number of carbonyl (C=O) groups is 1. The van der Waals surface area contributed by atoms with Crippen LogP contribution in [0.25, 0.3) is 11.1 Å². The van der Waals surface area contributed by atoms with Gasteiger partial charge in [-0.05, 0) is 31.5 Å². The third kappa shape index (κ3) is 2.16. The molecule has 1 unspecified atom stereocenters. The van der Waals surface area contributed by atoms with Crippen LogP contribution in [0.15, 0.2) is 22.6 Å². The minimum Gasteiger partial charge on any atom is -0.478 e. The van der Waals surface area contributed by atoms with Gasteiger partial charge in [0.25, 0.3) is 6.01 Å². The molecule has 1 aromatic carbocycles. The maximum atomic E-state index is 10.9. The van der Waals surface area contributed by atoms with Crippen molar-refractivity contribution in [2.75, 3.05) is 11.9 Å². The minimum absolute atomic E-state index is 0.205. The number of oxazole rings is 1. The maximum Gasteiger partial charge on any atom is 0.335 e. The van der Waals surface area contributed by atoms with Gasteiger partial charge in [-0.2, -0.15) is 4.98 Å². The van der Waals surface area contributed by atoms with Gasteiger partial charge in [-0.1, -0.05) is 6.92 Å². The fourth-order valence-corrected chi connectivity index (χ4v) is 1.66. The number of aromatic nitrogens is 1. The number of nitrogens with zero attached hydrogens (tertiary/aromatic N) is 2. The predicted molar refractivity (Wildman–Crippen MR) is 69.1 cm³/mol. The second-order valence-corrected chi connectivity index (χ2v) is 4.35. The minimum atomic E-state index is -0.967. The number of hydrogen-bond acceptors (Lipinski definition) is 4. The largest absolute Gasteiger partial charge is 0.478 e. The average Bonchev–Trinajstić information content (AvgIpc) is 2.79. The highest BCUT2D eigenvalue weighted by atomic mass is 16.4. The van der Waals surface area contributed by atoms with Crippen molar-refractivity contribution in [3.63, 3.8) is 0 Å². The summed E-state index contributed by atoms with van der Waals surface area (Å²) >= 11 is 0. The Morgan fingerprint density at radius 1 is 1.56 bits per heavy atom. The van der Waals surface area contributed by atoms with Gasteiger partial charge >= 0.3 is 5.97 Å². The summed E-state index contributed by atoms with van der Waals surface area (Å²) in [5.41, 5.74) is 1.38. The van der Waals surface area contributed by atoms with Crippen LogP contribution in [0.5, 0.6) is 0 Å². The van der Waals surface area contributed by atoms with Crippen molar-refractivity contribution in [1.29, 1.82) is 0 Å². The van der Waals surface area contributed by atoms with Crippen LogP contribution < -0.4 is 4.90 Å². The van der Waals surface area contributed by atoms with Gasteiger partial charge in [-0.3, -0.25) is 0 Å². The molecule has 5 heteroatoms. The smallest absolute Gasteiger partial charge is 0.335 e. The van der Waals surface area contributed by atoms with Crippen LogP contribution in [0.3, 0.4) is 0 Å². The van der Waals surface area contributed by atoms with Gasteiger partial charge in [0.15, 0.2) is 5.58 Å². The lowest BCUT2D eigenvalue weighted by Gasteiger charge is -2.21. The van der Waals surface area contributed by atoms with Gasteiger partial charge in [0.1, 0.15) is 5.52 Å². The average molecular weight is 248 g/mol. The van der Waals surface area contributed by atoms with E-state index in [1.165, 1.54) is 12.1 Å². The Labute approximate surface area is 105 Å². The summed E-state index contributed by atoms with van der Waals surface area (Å²) in [7, 11) is 1.91. The summed E-state index contributed by atoms with van der Waals surface area (Å²) in [6.07, 6.45) is 0.982. The summed E-state index contributed by atoms with van der Waals surface area (Å²) in [4.78, 5) is 17.2. The predicted octanol–water partition coefficient (Wildman–Crippen LogP) is 2.76. The zero-order chi connectivity index (χ0) is 13.3. The quantitative estimate of drug-likeness (QED) is 0.901. The van der Waals surface area contributed by atoms with Crippen molar-refractivity contribution in [2.45, 2.75) is 26.3 Å². The first kappa shape index (κ1) is 12.4. The number of rotatable bonds is 4. The van der Waals surface area contributed by atoms with Gasteiger partial charge in [0.05, 0.1) is 5.56 Å². The molecule has 1 aromatic heterocycles. The number of fused-ring (bicyclic) bond motifs is 1. The first-order chi connectivity index (χ1) is 8.52. The monoisotopic (exact) mass is 248 g/mol. The molecular weight excluding hydrogens is 232 g/mol. The molecule has 2 rings (SSSR count). The summed E-state index contributed by atoms with van der Waals surface area (Å²) in [5.74, 6) is -0.967. The molecule has 0 radical (unpaired) electrons. The van der Waals surface area contributed by atoms with E-state index >= 15 is 0 Å². The Morgan fingerprint density at radius 2 is 2.28 bits per heavy atom. The van der Waals surface area contributed by atoms with E-state index < -0.39 is 5.97 Å². The first-order valence-corrected chi connectivity index (χ1v) is 5.89. The lowest BCUT2D eigenvalue weighted by molar-refractivity contribution is 0.0697. The Hall–Kier alpha value is -2.04. The molecule has 1 atom stereocenters. The van der Waals surface area contributed by atoms with Crippen LogP contribution in [0.2, 0.25) is 0 Å². The van der Waals surface area contributed by atoms with Crippen LogP contribution in [-0.2, 0) is 0 Å². The number of hydrogen-bond donors (Lipinski definition) is 1. The third-order valence-corrected chi connectivity index (χ3v) is 3.18. The Kier molecular flexibility index (Phi) is 3.23. The normalized spacial score (nSPS) is 12.6. The molecule has 0 bridgehead atoms. The molecule has 2 aromatic rings.